The smallest absolute Gasteiger partial charge is 0.165 e. The summed E-state index contributed by atoms with van der Waals surface area (Å²) in [4.78, 5) is 12.0. The van der Waals surface area contributed by atoms with Gasteiger partial charge in [0.1, 0.15) is 0 Å². The molecule has 0 aliphatic rings. The van der Waals surface area contributed by atoms with Gasteiger partial charge >= 0.3 is 0 Å². The van der Waals surface area contributed by atoms with Crippen molar-refractivity contribution in [1.29, 1.82) is 0 Å². The van der Waals surface area contributed by atoms with Crippen LogP contribution in [0.4, 0.5) is 4.39 Å². The van der Waals surface area contributed by atoms with Crippen molar-refractivity contribution in [2.75, 3.05) is 7.11 Å². The first kappa shape index (κ1) is 13.3. The van der Waals surface area contributed by atoms with E-state index in [0.29, 0.717) is 18.4 Å². The van der Waals surface area contributed by atoms with Crippen LogP contribution in [0.3, 0.4) is 0 Å². The first-order valence-electron chi connectivity index (χ1n) is 5.95. The minimum atomic E-state index is -0.520. The summed E-state index contributed by atoms with van der Waals surface area (Å²) in [7, 11) is 3.22. The SMILES string of the molecule is COc1ccc(C(=O)CCc2ccnn2C)cc1F. The molecule has 0 unspecified atom stereocenters. The Balaban J connectivity index is 2.04. The quantitative estimate of drug-likeness (QED) is 0.777. The van der Waals surface area contributed by atoms with Crippen LogP contribution in [0.15, 0.2) is 30.5 Å². The highest BCUT2D eigenvalue weighted by Gasteiger charge is 2.11. The van der Waals surface area contributed by atoms with E-state index in [4.69, 9.17) is 4.74 Å². The molecule has 4 nitrogen and oxygen atoms in total. The van der Waals surface area contributed by atoms with Crippen molar-refractivity contribution < 1.29 is 13.9 Å². The van der Waals surface area contributed by atoms with Crippen molar-refractivity contribution in [3.05, 3.63) is 47.5 Å². The highest BCUT2D eigenvalue weighted by Crippen LogP contribution is 2.19. The molecule has 100 valence electrons. The minimum Gasteiger partial charge on any atom is -0.494 e. The fourth-order valence-electron chi connectivity index (χ4n) is 1.87. The molecule has 5 heteroatoms. The topological polar surface area (TPSA) is 44.1 Å². The monoisotopic (exact) mass is 262 g/mol. The molecule has 19 heavy (non-hydrogen) atoms. The van der Waals surface area contributed by atoms with Gasteiger partial charge in [-0.25, -0.2) is 4.39 Å². The fraction of sp³-hybridized carbons (Fsp3) is 0.286. The summed E-state index contributed by atoms with van der Waals surface area (Å²) < 4.78 is 20.0. The average Bonchev–Trinajstić information content (AvgIpc) is 2.81. The van der Waals surface area contributed by atoms with E-state index in [2.05, 4.69) is 5.10 Å². The van der Waals surface area contributed by atoms with Gasteiger partial charge in [0.2, 0.25) is 0 Å². The minimum absolute atomic E-state index is 0.0947. The van der Waals surface area contributed by atoms with Crippen molar-refractivity contribution >= 4 is 5.78 Å². The van der Waals surface area contributed by atoms with Gasteiger partial charge in [-0.3, -0.25) is 9.48 Å². The number of benzene rings is 1. The Morgan fingerprint density at radius 3 is 2.79 bits per heavy atom. The molecule has 0 aliphatic carbocycles. The van der Waals surface area contributed by atoms with E-state index < -0.39 is 5.82 Å². The summed E-state index contributed by atoms with van der Waals surface area (Å²) in [5.74, 6) is -0.472. The van der Waals surface area contributed by atoms with E-state index in [1.54, 1.807) is 16.9 Å². The first-order chi connectivity index (χ1) is 9.11. The molecule has 0 fully saturated rings. The maximum absolute atomic E-state index is 13.5. The second-order valence-corrected chi connectivity index (χ2v) is 4.22. The molecule has 0 spiro atoms. The lowest BCUT2D eigenvalue weighted by atomic mass is 10.1. The normalized spacial score (nSPS) is 10.5. The molecule has 1 aromatic carbocycles. The van der Waals surface area contributed by atoms with Crippen LogP contribution in [0.25, 0.3) is 0 Å². The highest BCUT2D eigenvalue weighted by atomic mass is 19.1. The number of carbonyl (C=O) groups excluding carboxylic acids is 1. The maximum Gasteiger partial charge on any atom is 0.165 e. The van der Waals surface area contributed by atoms with Gasteiger partial charge in [0.05, 0.1) is 7.11 Å². The molecule has 0 amide bonds. The second-order valence-electron chi connectivity index (χ2n) is 4.22. The van der Waals surface area contributed by atoms with Crippen LogP contribution in [-0.4, -0.2) is 22.7 Å². The number of ether oxygens (including phenoxy) is 1. The molecular weight excluding hydrogens is 247 g/mol. The second kappa shape index (κ2) is 5.65. The molecule has 0 saturated carbocycles. The molecule has 0 saturated heterocycles. The van der Waals surface area contributed by atoms with Crippen LogP contribution in [0.1, 0.15) is 22.5 Å². The molecule has 1 heterocycles. The Morgan fingerprint density at radius 1 is 1.42 bits per heavy atom. The third kappa shape index (κ3) is 2.99. The Kier molecular flexibility index (Phi) is 3.94. The van der Waals surface area contributed by atoms with E-state index in [-0.39, 0.29) is 11.5 Å². The van der Waals surface area contributed by atoms with Crippen LogP contribution >= 0.6 is 0 Å². The number of methoxy groups -OCH3 is 1. The predicted octanol–water partition coefficient (Wildman–Crippen LogP) is 2.38. The number of carbonyl (C=O) groups is 1. The standard InChI is InChI=1S/C14H15FN2O2/c1-17-11(7-8-16-17)4-5-13(18)10-3-6-14(19-2)12(15)9-10/h3,6-9H,4-5H2,1-2H3. The number of Topliss-reactive ketones (excluding diaryl/α,β-unsaturated/α-hetero) is 1. The van der Waals surface area contributed by atoms with E-state index >= 15 is 0 Å². The zero-order valence-electron chi connectivity index (χ0n) is 10.9. The zero-order chi connectivity index (χ0) is 13.8. The van der Waals surface area contributed by atoms with Crippen molar-refractivity contribution in [3.63, 3.8) is 0 Å². The molecular formula is C14H15FN2O2. The van der Waals surface area contributed by atoms with E-state index in [1.807, 2.05) is 13.1 Å². The number of ketones is 1. The summed E-state index contributed by atoms with van der Waals surface area (Å²) in [5.41, 5.74) is 1.34. The van der Waals surface area contributed by atoms with E-state index in [9.17, 15) is 9.18 Å². The van der Waals surface area contributed by atoms with Gasteiger partial charge in [0.25, 0.3) is 0 Å². The van der Waals surface area contributed by atoms with Crippen LogP contribution < -0.4 is 4.74 Å². The number of halogens is 1. The van der Waals surface area contributed by atoms with E-state index in [0.717, 1.165) is 5.69 Å². The summed E-state index contributed by atoms with van der Waals surface area (Å²) in [6.07, 6.45) is 2.60. The average molecular weight is 262 g/mol. The molecule has 0 aliphatic heterocycles. The van der Waals surface area contributed by atoms with Gasteiger partial charge in [-0.1, -0.05) is 0 Å². The summed E-state index contributed by atoms with van der Waals surface area (Å²) in [6.45, 7) is 0. The molecule has 1 aromatic heterocycles. The van der Waals surface area contributed by atoms with E-state index in [1.165, 1.54) is 19.2 Å². The van der Waals surface area contributed by atoms with Gasteiger partial charge in [-0.15, -0.1) is 0 Å². The summed E-state index contributed by atoms with van der Waals surface area (Å²) in [5, 5.41) is 4.03. The van der Waals surface area contributed by atoms with Crippen molar-refractivity contribution in [3.8, 4) is 5.75 Å². The molecule has 0 bridgehead atoms. The number of hydrogen-bond donors (Lipinski definition) is 0. The lowest BCUT2D eigenvalue weighted by Gasteiger charge is -2.05. The van der Waals surface area contributed by atoms with Crippen LogP contribution in [-0.2, 0) is 13.5 Å². The molecule has 2 aromatic rings. The van der Waals surface area contributed by atoms with Gasteiger partial charge in [0, 0.05) is 30.9 Å². The zero-order valence-corrected chi connectivity index (χ0v) is 10.9. The Morgan fingerprint density at radius 2 is 2.21 bits per heavy atom. The van der Waals surface area contributed by atoms with Crippen molar-refractivity contribution in [2.45, 2.75) is 12.8 Å². The fourth-order valence-corrected chi connectivity index (χ4v) is 1.87. The van der Waals surface area contributed by atoms with Crippen molar-refractivity contribution in [2.24, 2.45) is 7.05 Å². The van der Waals surface area contributed by atoms with Gasteiger partial charge in [-0.05, 0) is 30.7 Å². The van der Waals surface area contributed by atoms with Crippen molar-refractivity contribution in [1.82, 2.24) is 9.78 Å². The first-order valence-corrected chi connectivity index (χ1v) is 5.95. The van der Waals surface area contributed by atoms with Gasteiger partial charge in [0.15, 0.2) is 17.3 Å². The van der Waals surface area contributed by atoms with Crippen LogP contribution in [0.5, 0.6) is 5.75 Å². The summed E-state index contributed by atoms with van der Waals surface area (Å²) in [6, 6.07) is 6.12. The predicted molar refractivity (Wildman–Crippen MR) is 68.8 cm³/mol. The Labute approximate surface area is 110 Å². The summed E-state index contributed by atoms with van der Waals surface area (Å²) >= 11 is 0. The van der Waals surface area contributed by atoms with Crippen LogP contribution in [0.2, 0.25) is 0 Å². The lowest BCUT2D eigenvalue weighted by molar-refractivity contribution is 0.0981. The largest absolute Gasteiger partial charge is 0.494 e. The third-order valence-electron chi connectivity index (χ3n) is 3.00. The van der Waals surface area contributed by atoms with Crippen LogP contribution in [0, 0.1) is 5.82 Å². The van der Waals surface area contributed by atoms with Gasteiger partial charge < -0.3 is 4.74 Å². The molecule has 2 rings (SSSR count). The third-order valence-corrected chi connectivity index (χ3v) is 3.00. The number of hydrogen-bond acceptors (Lipinski definition) is 3. The number of aromatic nitrogens is 2. The highest BCUT2D eigenvalue weighted by molar-refractivity contribution is 5.96. The number of aryl methyl sites for hydroxylation is 2. The molecule has 0 N–H and O–H groups in total. The lowest BCUT2D eigenvalue weighted by Crippen LogP contribution is -2.05. The maximum atomic E-state index is 13.5. The Bertz CT molecular complexity index is 593. The van der Waals surface area contributed by atoms with Gasteiger partial charge in [-0.2, -0.15) is 5.10 Å². The number of rotatable bonds is 5. The Hall–Kier alpha value is -2.17. The number of nitrogens with zero attached hydrogens (tertiary/aromatic N) is 2. The molecule has 0 atom stereocenters. The molecule has 0 radical (unpaired) electrons.